The topological polar surface area (TPSA) is 61.8 Å². The average Bonchev–Trinajstić information content (AvgIpc) is 2.83. The highest BCUT2D eigenvalue weighted by molar-refractivity contribution is 9.09. The van der Waals surface area contributed by atoms with E-state index in [1.54, 1.807) is 13.4 Å². The summed E-state index contributed by atoms with van der Waals surface area (Å²) in [5, 5.41) is 0.994. The van der Waals surface area contributed by atoms with Crippen LogP contribution in [0.1, 0.15) is 19.3 Å². The van der Waals surface area contributed by atoms with Crippen LogP contribution < -0.4 is 11.2 Å². The van der Waals surface area contributed by atoms with Gasteiger partial charge in [-0.1, -0.05) is 22.4 Å². The molecule has 0 aliphatic carbocycles. The molecule has 0 amide bonds. The van der Waals surface area contributed by atoms with Gasteiger partial charge in [0.05, 0.1) is 6.33 Å². The number of rotatable bonds is 5. The lowest BCUT2D eigenvalue weighted by atomic mass is 10.2. The van der Waals surface area contributed by atoms with E-state index in [-0.39, 0.29) is 11.2 Å². The summed E-state index contributed by atoms with van der Waals surface area (Å²) in [6.45, 7) is 0.747. The number of halogens is 1. The van der Waals surface area contributed by atoms with Gasteiger partial charge in [-0.2, -0.15) is 0 Å². The standard InChI is InChI=1S/C12H17BrN4O2/c1-15-10-9(11(18)16(2)12(15)19)17(8-14-10)7-5-3-4-6-13/h8H,3-7H2,1-2H3. The van der Waals surface area contributed by atoms with E-state index in [4.69, 9.17) is 0 Å². The van der Waals surface area contributed by atoms with Crippen LogP contribution in [0.15, 0.2) is 15.9 Å². The lowest BCUT2D eigenvalue weighted by molar-refractivity contribution is 0.611. The smallest absolute Gasteiger partial charge is 0.325 e. The Bertz CT molecular complexity index is 698. The Morgan fingerprint density at radius 3 is 2.58 bits per heavy atom. The van der Waals surface area contributed by atoms with E-state index in [0.29, 0.717) is 11.2 Å². The quantitative estimate of drug-likeness (QED) is 0.607. The van der Waals surface area contributed by atoms with E-state index in [2.05, 4.69) is 20.9 Å². The number of imidazole rings is 1. The summed E-state index contributed by atoms with van der Waals surface area (Å²) >= 11 is 3.40. The summed E-state index contributed by atoms with van der Waals surface area (Å²) < 4.78 is 4.37. The molecule has 2 rings (SSSR count). The monoisotopic (exact) mass is 328 g/mol. The zero-order valence-corrected chi connectivity index (χ0v) is 12.7. The third-order valence-electron chi connectivity index (χ3n) is 3.25. The number of unbranched alkanes of at least 4 members (excludes halogenated alkanes) is 2. The first-order chi connectivity index (χ1) is 9.07. The Labute approximate surface area is 118 Å². The molecule has 104 valence electrons. The number of alkyl halides is 1. The van der Waals surface area contributed by atoms with Crippen LogP contribution in [0.2, 0.25) is 0 Å². The lowest BCUT2D eigenvalue weighted by Crippen LogP contribution is -2.37. The second kappa shape index (κ2) is 5.73. The van der Waals surface area contributed by atoms with Crippen molar-refractivity contribution < 1.29 is 0 Å². The van der Waals surface area contributed by atoms with Crippen molar-refractivity contribution >= 4 is 27.1 Å². The maximum Gasteiger partial charge on any atom is 0.332 e. The van der Waals surface area contributed by atoms with Gasteiger partial charge >= 0.3 is 5.69 Å². The molecular weight excluding hydrogens is 312 g/mol. The molecule has 0 N–H and O–H groups in total. The van der Waals surface area contributed by atoms with Gasteiger partial charge in [-0.05, 0) is 12.8 Å². The van der Waals surface area contributed by atoms with E-state index >= 15 is 0 Å². The van der Waals surface area contributed by atoms with Gasteiger partial charge in [0, 0.05) is 26.0 Å². The van der Waals surface area contributed by atoms with Crippen LogP contribution in [0.4, 0.5) is 0 Å². The van der Waals surface area contributed by atoms with Crippen LogP contribution in [0.3, 0.4) is 0 Å². The van der Waals surface area contributed by atoms with Gasteiger partial charge in [-0.15, -0.1) is 0 Å². The second-order valence-corrected chi connectivity index (χ2v) is 5.36. The number of fused-ring (bicyclic) bond motifs is 1. The molecule has 6 nitrogen and oxygen atoms in total. The molecule has 2 heterocycles. The van der Waals surface area contributed by atoms with Crippen molar-refractivity contribution in [3.05, 3.63) is 27.2 Å². The molecule has 0 saturated carbocycles. The fourth-order valence-electron chi connectivity index (χ4n) is 2.12. The van der Waals surface area contributed by atoms with Crippen molar-refractivity contribution in [1.82, 2.24) is 18.7 Å². The van der Waals surface area contributed by atoms with Crippen molar-refractivity contribution in [3.8, 4) is 0 Å². The number of aromatic nitrogens is 4. The Morgan fingerprint density at radius 2 is 1.89 bits per heavy atom. The van der Waals surface area contributed by atoms with Gasteiger partial charge in [0.2, 0.25) is 0 Å². The third kappa shape index (κ3) is 2.51. The highest BCUT2D eigenvalue weighted by Crippen LogP contribution is 2.08. The molecule has 7 heteroatoms. The predicted octanol–water partition coefficient (Wildman–Crippen LogP) is 0.999. The molecule has 2 aromatic heterocycles. The van der Waals surface area contributed by atoms with Crippen molar-refractivity contribution in [1.29, 1.82) is 0 Å². The largest absolute Gasteiger partial charge is 0.332 e. The Kier molecular flexibility index (Phi) is 4.24. The average molecular weight is 329 g/mol. The van der Waals surface area contributed by atoms with Crippen LogP contribution in [-0.2, 0) is 20.6 Å². The number of aryl methyl sites for hydroxylation is 2. The van der Waals surface area contributed by atoms with Crippen molar-refractivity contribution in [2.75, 3.05) is 5.33 Å². The van der Waals surface area contributed by atoms with Gasteiger partial charge in [-0.3, -0.25) is 13.9 Å². The normalized spacial score (nSPS) is 11.3. The minimum atomic E-state index is -0.345. The maximum absolute atomic E-state index is 12.2. The molecule has 0 spiro atoms. The number of hydrogen-bond donors (Lipinski definition) is 0. The SMILES string of the molecule is Cn1c(=O)c2c(ncn2CCCCCBr)n(C)c1=O. The molecule has 0 saturated heterocycles. The van der Waals surface area contributed by atoms with Gasteiger partial charge in [0.15, 0.2) is 11.2 Å². The molecule has 19 heavy (non-hydrogen) atoms. The molecule has 0 aliphatic rings. The highest BCUT2D eigenvalue weighted by atomic mass is 79.9. The molecular formula is C12H17BrN4O2. The molecule has 0 aromatic carbocycles. The van der Waals surface area contributed by atoms with E-state index in [0.717, 1.165) is 35.7 Å². The minimum absolute atomic E-state index is 0.281. The number of hydrogen-bond acceptors (Lipinski definition) is 3. The first-order valence-electron chi connectivity index (χ1n) is 6.24. The van der Waals surface area contributed by atoms with Crippen molar-refractivity contribution in [2.24, 2.45) is 14.1 Å². The van der Waals surface area contributed by atoms with E-state index in [1.807, 2.05) is 4.57 Å². The van der Waals surface area contributed by atoms with E-state index < -0.39 is 0 Å². The first kappa shape index (κ1) is 14.0. The predicted molar refractivity (Wildman–Crippen MR) is 77.9 cm³/mol. The molecule has 0 atom stereocenters. The van der Waals surface area contributed by atoms with Crippen LogP contribution >= 0.6 is 15.9 Å². The summed E-state index contributed by atoms with van der Waals surface area (Å²) in [5.74, 6) is 0. The van der Waals surface area contributed by atoms with Gasteiger partial charge in [-0.25, -0.2) is 9.78 Å². The van der Waals surface area contributed by atoms with Crippen LogP contribution in [0.25, 0.3) is 11.2 Å². The van der Waals surface area contributed by atoms with E-state index in [9.17, 15) is 9.59 Å². The fourth-order valence-corrected chi connectivity index (χ4v) is 2.52. The van der Waals surface area contributed by atoms with Crippen molar-refractivity contribution in [2.45, 2.75) is 25.8 Å². The first-order valence-corrected chi connectivity index (χ1v) is 7.37. The maximum atomic E-state index is 12.2. The zero-order valence-electron chi connectivity index (χ0n) is 11.1. The summed E-state index contributed by atoms with van der Waals surface area (Å²) in [7, 11) is 3.12. The Morgan fingerprint density at radius 1 is 1.16 bits per heavy atom. The second-order valence-electron chi connectivity index (χ2n) is 4.57. The Balaban J connectivity index is 2.43. The van der Waals surface area contributed by atoms with Crippen molar-refractivity contribution in [3.63, 3.8) is 0 Å². The lowest BCUT2D eigenvalue weighted by Gasteiger charge is -2.06. The third-order valence-corrected chi connectivity index (χ3v) is 3.81. The molecule has 0 radical (unpaired) electrons. The summed E-state index contributed by atoms with van der Waals surface area (Å²) in [5.41, 5.74) is 0.329. The highest BCUT2D eigenvalue weighted by Gasteiger charge is 2.13. The molecule has 0 bridgehead atoms. The minimum Gasteiger partial charge on any atom is -0.325 e. The summed E-state index contributed by atoms with van der Waals surface area (Å²) in [4.78, 5) is 28.1. The van der Waals surface area contributed by atoms with E-state index in [1.165, 1.54) is 11.6 Å². The number of nitrogens with zero attached hydrogens (tertiary/aromatic N) is 4. The van der Waals surface area contributed by atoms with Crippen LogP contribution in [-0.4, -0.2) is 24.0 Å². The zero-order chi connectivity index (χ0) is 14.0. The summed E-state index contributed by atoms with van der Waals surface area (Å²) in [6, 6.07) is 0. The summed E-state index contributed by atoms with van der Waals surface area (Å²) in [6.07, 6.45) is 4.84. The molecule has 2 aromatic rings. The van der Waals surface area contributed by atoms with Gasteiger partial charge < -0.3 is 4.57 Å². The molecule has 0 unspecified atom stereocenters. The molecule has 0 fully saturated rings. The van der Waals surface area contributed by atoms with Crippen LogP contribution in [0, 0.1) is 0 Å². The van der Waals surface area contributed by atoms with Gasteiger partial charge in [0.25, 0.3) is 5.56 Å². The fraction of sp³-hybridized carbons (Fsp3) is 0.583. The van der Waals surface area contributed by atoms with Gasteiger partial charge in [0.1, 0.15) is 0 Å². The Hall–Kier alpha value is -1.37. The molecule has 0 aliphatic heterocycles. The van der Waals surface area contributed by atoms with Crippen LogP contribution in [0.5, 0.6) is 0 Å².